The largest absolute Gasteiger partial charge is 0.355 e. The van der Waals surface area contributed by atoms with E-state index < -0.39 is 0 Å². The zero-order valence-electron chi connectivity index (χ0n) is 12.2. The van der Waals surface area contributed by atoms with Gasteiger partial charge < -0.3 is 10.6 Å². The molecule has 0 aliphatic carbocycles. The van der Waals surface area contributed by atoms with E-state index in [-0.39, 0.29) is 30.4 Å². The van der Waals surface area contributed by atoms with Gasteiger partial charge in [-0.15, -0.1) is 0 Å². The van der Waals surface area contributed by atoms with E-state index in [9.17, 15) is 9.59 Å². The molecule has 2 unspecified atom stereocenters. The van der Waals surface area contributed by atoms with Crippen LogP contribution in [0.5, 0.6) is 0 Å². The smallest absolute Gasteiger partial charge is 0.239 e. The molecule has 0 radical (unpaired) electrons. The van der Waals surface area contributed by atoms with Gasteiger partial charge in [-0.2, -0.15) is 0 Å². The zero-order chi connectivity index (χ0) is 15.1. The molecular formula is C15H22N4O2. The molecule has 1 aliphatic heterocycles. The van der Waals surface area contributed by atoms with E-state index in [2.05, 4.69) is 21.5 Å². The van der Waals surface area contributed by atoms with Gasteiger partial charge in [0.15, 0.2) is 0 Å². The summed E-state index contributed by atoms with van der Waals surface area (Å²) in [7, 11) is 0. The molecule has 0 bridgehead atoms. The van der Waals surface area contributed by atoms with Crippen LogP contribution in [0.2, 0.25) is 0 Å². The number of benzene rings is 1. The highest BCUT2D eigenvalue weighted by Crippen LogP contribution is 2.21. The predicted molar refractivity (Wildman–Crippen MR) is 80.2 cm³/mol. The first kappa shape index (κ1) is 15.5. The van der Waals surface area contributed by atoms with E-state index in [1.807, 2.05) is 37.3 Å². The molecule has 1 heterocycles. The first-order chi connectivity index (χ1) is 10.2. The Morgan fingerprint density at radius 2 is 1.95 bits per heavy atom. The van der Waals surface area contributed by atoms with Crippen molar-refractivity contribution in [2.45, 2.75) is 31.8 Å². The molecule has 1 saturated heterocycles. The molecule has 1 fully saturated rings. The quantitative estimate of drug-likeness (QED) is 0.605. The van der Waals surface area contributed by atoms with Crippen molar-refractivity contribution in [1.29, 1.82) is 0 Å². The van der Waals surface area contributed by atoms with Crippen molar-refractivity contribution in [3.8, 4) is 0 Å². The number of hydrogen-bond donors (Lipinski definition) is 4. The van der Waals surface area contributed by atoms with Crippen molar-refractivity contribution < 1.29 is 9.59 Å². The third-order valence-electron chi connectivity index (χ3n) is 3.42. The Morgan fingerprint density at radius 3 is 2.67 bits per heavy atom. The molecule has 0 aromatic heterocycles. The monoisotopic (exact) mass is 290 g/mol. The van der Waals surface area contributed by atoms with E-state index in [0.717, 1.165) is 12.0 Å². The summed E-state index contributed by atoms with van der Waals surface area (Å²) in [5.41, 5.74) is 7.23. The number of carbonyl (C=O) groups is 2. The van der Waals surface area contributed by atoms with Crippen molar-refractivity contribution in [2.24, 2.45) is 0 Å². The lowest BCUT2D eigenvalue weighted by molar-refractivity contribution is -0.127. The second kappa shape index (κ2) is 7.75. The van der Waals surface area contributed by atoms with Gasteiger partial charge in [0.25, 0.3) is 0 Å². The van der Waals surface area contributed by atoms with E-state index in [4.69, 9.17) is 0 Å². The lowest BCUT2D eigenvalue weighted by Gasteiger charge is -2.10. The zero-order valence-corrected chi connectivity index (χ0v) is 12.2. The van der Waals surface area contributed by atoms with Crippen LogP contribution in [0.25, 0.3) is 0 Å². The maximum Gasteiger partial charge on any atom is 0.239 e. The van der Waals surface area contributed by atoms with Crippen LogP contribution in [0, 0.1) is 0 Å². The topological polar surface area (TPSA) is 82.3 Å². The van der Waals surface area contributed by atoms with Crippen molar-refractivity contribution in [3.05, 3.63) is 35.9 Å². The Morgan fingerprint density at radius 1 is 1.19 bits per heavy atom. The number of rotatable bonds is 6. The highest BCUT2D eigenvalue weighted by molar-refractivity contribution is 5.87. The van der Waals surface area contributed by atoms with Crippen molar-refractivity contribution >= 4 is 11.8 Å². The van der Waals surface area contributed by atoms with Crippen LogP contribution in [0.4, 0.5) is 0 Å². The molecule has 2 amide bonds. The Bertz CT molecular complexity index is 478. The van der Waals surface area contributed by atoms with Gasteiger partial charge in [-0.05, 0) is 18.4 Å². The molecule has 6 nitrogen and oxygen atoms in total. The average molecular weight is 290 g/mol. The number of nitrogens with one attached hydrogen (secondary N) is 4. The van der Waals surface area contributed by atoms with E-state index in [0.29, 0.717) is 13.0 Å². The molecule has 1 aromatic rings. The lowest BCUT2D eigenvalue weighted by Crippen LogP contribution is -2.46. The number of hydrogen-bond acceptors (Lipinski definition) is 4. The van der Waals surface area contributed by atoms with E-state index in [1.165, 1.54) is 0 Å². The maximum absolute atomic E-state index is 12.0. The fourth-order valence-electron chi connectivity index (χ4n) is 2.25. The summed E-state index contributed by atoms with van der Waals surface area (Å²) < 4.78 is 0. The fraction of sp³-hybridized carbons (Fsp3) is 0.467. The molecule has 4 N–H and O–H groups in total. The van der Waals surface area contributed by atoms with Gasteiger partial charge in [-0.25, -0.2) is 10.9 Å². The van der Waals surface area contributed by atoms with Gasteiger partial charge in [0.2, 0.25) is 11.8 Å². The second-order valence-electron chi connectivity index (χ2n) is 5.11. The Balaban J connectivity index is 1.76. The normalized spacial score (nSPS) is 21.0. The summed E-state index contributed by atoms with van der Waals surface area (Å²) in [5, 5.41) is 5.38. The van der Waals surface area contributed by atoms with Gasteiger partial charge >= 0.3 is 0 Å². The van der Waals surface area contributed by atoms with Crippen LogP contribution in [-0.2, 0) is 9.59 Å². The summed E-state index contributed by atoms with van der Waals surface area (Å²) >= 11 is 0. The molecule has 1 aromatic carbocycles. The SMILES string of the molecule is CCCNC(=O)CNC(=O)C1CC(c2ccccc2)NN1. The molecule has 2 rings (SSSR count). The standard InChI is InChI=1S/C15H22N4O2/c1-2-8-16-14(20)10-17-15(21)13-9-12(18-19-13)11-6-4-3-5-7-11/h3-7,12-13,18-19H,2,8-10H2,1H3,(H,16,20)(H,17,21). The van der Waals surface area contributed by atoms with Crippen LogP contribution in [-0.4, -0.2) is 30.9 Å². The van der Waals surface area contributed by atoms with Gasteiger partial charge in [-0.1, -0.05) is 37.3 Å². The third kappa shape index (κ3) is 4.54. The minimum absolute atomic E-state index is 0.0209. The first-order valence-electron chi connectivity index (χ1n) is 7.31. The van der Waals surface area contributed by atoms with Crippen LogP contribution in [0.1, 0.15) is 31.4 Å². The number of carbonyl (C=O) groups excluding carboxylic acids is 2. The van der Waals surface area contributed by atoms with Crippen LogP contribution < -0.4 is 21.5 Å². The average Bonchev–Trinajstić information content (AvgIpc) is 3.01. The summed E-state index contributed by atoms with van der Waals surface area (Å²) in [5.74, 6) is -0.316. The molecule has 21 heavy (non-hydrogen) atoms. The van der Waals surface area contributed by atoms with E-state index in [1.54, 1.807) is 0 Å². The Kier molecular flexibility index (Phi) is 5.71. The third-order valence-corrected chi connectivity index (χ3v) is 3.42. The molecule has 1 aliphatic rings. The fourth-order valence-corrected chi connectivity index (χ4v) is 2.25. The lowest BCUT2D eigenvalue weighted by atomic mass is 10.0. The number of hydrazine groups is 1. The van der Waals surface area contributed by atoms with Crippen LogP contribution in [0.3, 0.4) is 0 Å². The Hall–Kier alpha value is -1.92. The maximum atomic E-state index is 12.0. The van der Waals surface area contributed by atoms with E-state index >= 15 is 0 Å². The first-order valence-corrected chi connectivity index (χ1v) is 7.31. The molecule has 2 atom stereocenters. The summed E-state index contributed by atoms with van der Waals surface area (Å²) in [6.07, 6.45) is 1.54. The van der Waals surface area contributed by atoms with Crippen molar-refractivity contribution in [3.63, 3.8) is 0 Å². The highest BCUT2D eigenvalue weighted by Gasteiger charge is 2.29. The minimum Gasteiger partial charge on any atom is -0.355 e. The molecular weight excluding hydrogens is 268 g/mol. The molecule has 6 heteroatoms. The summed E-state index contributed by atoms with van der Waals surface area (Å²) in [6.45, 7) is 2.64. The highest BCUT2D eigenvalue weighted by atomic mass is 16.2. The predicted octanol–water partition coefficient (Wildman–Crippen LogP) is 0.237. The van der Waals surface area contributed by atoms with Gasteiger partial charge in [0.05, 0.1) is 6.54 Å². The second-order valence-corrected chi connectivity index (χ2v) is 5.11. The molecule has 0 saturated carbocycles. The minimum atomic E-state index is -0.325. The number of amides is 2. The van der Waals surface area contributed by atoms with Crippen molar-refractivity contribution in [2.75, 3.05) is 13.1 Å². The Labute approximate surface area is 124 Å². The molecule has 0 spiro atoms. The van der Waals surface area contributed by atoms with Gasteiger partial charge in [-0.3, -0.25) is 9.59 Å². The van der Waals surface area contributed by atoms with Gasteiger partial charge in [0.1, 0.15) is 6.04 Å². The van der Waals surface area contributed by atoms with Gasteiger partial charge in [0, 0.05) is 12.6 Å². The summed E-state index contributed by atoms with van der Waals surface area (Å²) in [4.78, 5) is 23.5. The van der Waals surface area contributed by atoms with Crippen LogP contribution >= 0.6 is 0 Å². The van der Waals surface area contributed by atoms with Crippen LogP contribution in [0.15, 0.2) is 30.3 Å². The van der Waals surface area contributed by atoms with Crippen molar-refractivity contribution in [1.82, 2.24) is 21.5 Å². The summed E-state index contributed by atoms with van der Waals surface area (Å²) in [6, 6.07) is 9.75. The molecule has 114 valence electrons.